The predicted octanol–water partition coefficient (Wildman–Crippen LogP) is 5.12. The maximum atomic E-state index is 13.8. The maximum absolute atomic E-state index is 13.8. The number of carbonyl (C=O) groups is 2. The van der Waals surface area contributed by atoms with E-state index in [0.29, 0.717) is 48.3 Å². The number of aromatic nitrogens is 2. The quantitative estimate of drug-likeness (QED) is 0.457. The standard InChI is InChI=1S/C30H34ClN5O4/c1-19-14-21(7-8-22(19)31)35-18-30(4,5)40-27-24(35)10-9-23(33-27)28(39)36-13-12-34(17-29(36,2)3)25-11-6-20(16-32-25)15-26(37)38/h6-11,14,16H,12-13,15,17-18H2,1-5H3,(H,37,38). The molecular weight excluding hydrogens is 530 g/mol. The normalized spacial score (nSPS) is 17.7. The summed E-state index contributed by atoms with van der Waals surface area (Å²) in [5.41, 5.74) is 2.74. The van der Waals surface area contributed by atoms with Crippen LogP contribution >= 0.6 is 11.6 Å². The molecule has 0 atom stereocenters. The molecule has 1 N–H and O–H groups in total. The maximum Gasteiger partial charge on any atom is 0.307 e. The fourth-order valence-electron chi connectivity index (χ4n) is 5.37. The Morgan fingerprint density at radius 1 is 1.05 bits per heavy atom. The van der Waals surface area contributed by atoms with Crippen molar-refractivity contribution in [3.63, 3.8) is 0 Å². The number of rotatable bonds is 5. The van der Waals surface area contributed by atoms with Crippen molar-refractivity contribution in [1.29, 1.82) is 0 Å². The second-order valence-electron chi connectivity index (χ2n) is 11.7. The number of halogens is 1. The van der Waals surface area contributed by atoms with Crippen LogP contribution in [0, 0.1) is 6.92 Å². The molecule has 4 heterocycles. The minimum absolute atomic E-state index is 0.0627. The van der Waals surface area contributed by atoms with Crippen molar-refractivity contribution in [2.24, 2.45) is 0 Å². The summed E-state index contributed by atoms with van der Waals surface area (Å²) >= 11 is 6.27. The number of nitrogens with zero attached hydrogens (tertiary/aromatic N) is 5. The highest BCUT2D eigenvalue weighted by Crippen LogP contribution is 2.41. The first kappa shape index (κ1) is 27.7. The van der Waals surface area contributed by atoms with E-state index in [1.807, 2.05) is 69.9 Å². The highest BCUT2D eigenvalue weighted by molar-refractivity contribution is 6.31. The number of amides is 1. The number of pyridine rings is 2. The average Bonchev–Trinajstić information content (AvgIpc) is 2.88. The molecule has 2 aromatic heterocycles. The number of carboxylic acid groups (broad SMARTS) is 1. The molecule has 0 aliphatic carbocycles. The minimum Gasteiger partial charge on any atom is -0.481 e. The highest BCUT2D eigenvalue weighted by atomic mass is 35.5. The summed E-state index contributed by atoms with van der Waals surface area (Å²) in [5, 5.41) is 9.72. The van der Waals surface area contributed by atoms with Gasteiger partial charge in [0.05, 0.1) is 18.5 Å². The molecule has 0 unspecified atom stereocenters. The van der Waals surface area contributed by atoms with E-state index in [1.165, 1.54) is 0 Å². The number of aryl methyl sites for hydroxylation is 1. The first-order valence-corrected chi connectivity index (χ1v) is 13.7. The molecule has 2 aliphatic heterocycles. The van der Waals surface area contributed by atoms with Crippen LogP contribution < -0.4 is 14.5 Å². The van der Waals surface area contributed by atoms with Gasteiger partial charge in [0.25, 0.3) is 5.91 Å². The summed E-state index contributed by atoms with van der Waals surface area (Å²) in [6, 6.07) is 13.2. The summed E-state index contributed by atoms with van der Waals surface area (Å²) < 4.78 is 6.26. The Hall–Kier alpha value is -3.85. The molecule has 1 amide bonds. The van der Waals surface area contributed by atoms with Crippen molar-refractivity contribution < 1.29 is 19.4 Å². The van der Waals surface area contributed by atoms with Crippen LogP contribution in [0.5, 0.6) is 5.88 Å². The van der Waals surface area contributed by atoms with Crippen molar-refractivity contribution in [2.45, 2.75) is 52.2 Å². The molecule has 3 aromatic rings. The number of hydrogen-bond donors (Lipinski definition) is 1. The number of benzene rings is 1. The van der Waals surface area contributed by atoms with Crippen LogP contribution in [0.2, 0.25) is 5.02 Å². The van der Waals surface area contributed by atoms with Gasteiger partial charge in [-0.25, -0.2) is 9.97 Å². The van der Waals surface area contributed by atoms with Gasteiger partial charge in [-0.3, -0.25) is 9.59 Å². The van der Waals surface area contributed by atoms with Crippen LogP contribution in [-0.2, 0) is 11.2 Å². The lowest BCUT2D eigenvalue weighted by Gasteiger charge is -2.47. The fourth-order valence-corrected chi connectivity index (χ4v) is 5.49. The molecule has 0 radical (unpaired) electrons. The Kier molecular flexibility index (Phi) is 7.12. The molecule has 40 heavy (non-hydrogen) atoms. The number of carboxylic acids is 1. The van der Waals surface area contributed by atoms with E-state index in [9.17, 15) is 9.59 Å². The summed E-state index contributed by atoms with van der Waals surface area (Å²) in [5.74, 6) is 0.143. The van der Waals surface area contributed by atoms with E-state index >= 15 is 0 Å². The van der Waals surface area contributed by atoms with E-state index in [4.69, 9.17) is 26.4 Å². The highest BCUT2D eigenvalue weighted by Gasteiger charge is 2.39. The number of fused-ring (bicyclic) bond motifs is 1. The molecule has 210 valence electrons. The zero-order valence-electron chi connectivity index (χ0n) is 23.4. The van der Waals surface area contributed by atoms with Gasteiger partial charge in [0.2, 0.25) is 5.88 Å². The topological polar surface area (TPSA) is 99.1 Å². The number of ether oxygens (including phenoxy) is 1. The molecule has 10 heteroatoms. The molecule has 0 spiro atoms. The van der Waals surface area contributed by atoms with Gasteiger partial charge in [-0.2, -0.15) is 0 Å². The van der Waals surface area contributed by atoms with E-state index in [2.05, 4.69) is 14.8 Å². The molecule has 1 saturated heterocycles. The van der Waals surface area contributed by atoms with E-state index in [-0.39, 0.29) is 12.3 Å². The van der Waals surface area contributed by atoms with Gasteiger partial charge < -0.3 is 24.5 Å². The van der Waals surface area contributed by atoms with Gasteiger partial charge in [-0.1, -0.05) is 17.7 Å². The zero-order chi connectivity index (χ0) is 28.8. The summed E-state index contributed by atoms with van der Waals surface area (Å²) in [6.45, 7) is 12.3. The van der Waals surface area contributed by atoms with E-state index in [1.54, 1.807) is 18.3 Å². The molecule has 9 nitrogen and oxygen atoms in total. The molecule has 1 fully saturated rings. The van der Waals surface area contributed by atoms with Crippen LogP contribution in [0.15, 0.2) is 48.7 Å². The molecule has 0 bridgehead atoms. The van der Waals surface area contributed by atoms with Gasteiger partial charge in [0, 0.05) is 36.5 Å². The molecule has 5 rings (SSSR count). The number of aliphatic carboxylic acids is 1. The second-order valence-corrected chi connectivity index (χ2v) is 12.1. The van der Waals surface area contributed by atoms with E-state index in [0.717, 1.165) is 22.8 Å². The zero-order valence-corrected chi connectivity index (χ0v) is 24.2. The lowest BCUT2D eigenvalue weighted by molar-refractivity contribution is -0.136. The van der Waals surface area contributed by atoms with Crippen molar-refractivity contribution in [3.8, 4) is 5.88 Å². The summed E-state index contributed by atoms with van der Waals surface area (Å²) in [4.78, 5) is 40.1. The molecular formula is C30H34ClN5O4. The minimum atomic E-state index is -0.889. The van der Waals surface area contributed by atoms with Gasteiger partial charge in [-0.05, 0) is 82.1 Å². The van der Waals surface area contributed by atoms with Crippen LogP contribution in [0.3, 0.4) is 0 Å². The first-order chi connectivity index (χ1) is 18.8. The Bertz CT molecular complexity index is 1460. The van der Waals surface area contributed by atoms with Crippen molar-refractivity contribution in [3.05, 3.63) is 70.5 Å². The van der Waals surface area contributed by atoms with Crippen molar-refractivity contribution in [2.75, 3.05) is 36.0 Å². The third kappa shape index (κ3) is 5.56. The number of carbonyl (C=O) groups excluding carboxylic acids is 1. The Balaban J connectivity index is 1.36. The fraction of sp³-hybridized carbons (Fsp3) is 0.400. The third-order valence-corrected chi connectivity index (χ3v) is 7.77. The van der Waals surface area contributed by atoms with Gasteiger partial charge in [0.15, 0.2) is 0 Å². The van der Waals surface area contributed by atoms with Gasteiger partial charge in [-0.15, -0.1) is 0 Å². The molecule has 2 aliphatic rings. The lowest BCUT2D eigenvalue weighted by Crippen LogP contribution is -2.61. The Morgan fingerprint density at radius 3 is 2.48 bits per heavy atom. The second kappa shape index (κ2) is 10.3. The van der Waals surface area contributed by atoms with Gasteiger partial charge >= 0.3 is 5.97 Å². The van der Waals surface area contributed by atoms with E-state index < -0.39 is 17.1 Å². The first-order valence-electron chi connectivity index (χ1n) is 13.3. The monoisotopic (exact) mass is 563 g/mol. The number of piperazine rings is 1. The van der Waals surface area contributed by atoms with Gasteiger partial charge in [0.1, 0.15) is 22.8 Å². The summed E-state index contributed by atoms with van der Waals surface area (Å²) in [7, 11) is 0. The summed E-state index contributed by atoms with van der Waals surface area (Å²) in [6.07, 6.45) is 1.54. The molecule has 0 saturated carbocycles. The number of hydrogen-bond acceptors (Lipinski definition) is 7. The van der Waals surface area contributed by atoms with Crippen molar-refractivity contribution in [1.82, 2.24) is 14.9 Å². The van der Waals surface area contributed by atoms with Crippen LogP contribution in [0.4, 0.5) is 17.2 Å². The van der Waals surface area contributed by atoms with Crippen LogP contribution in [-0.4, -0.2) is 69.2 Å². The largest absolute Gasteiger partial charge is 0.481 e. The number of anilines is 3. The predicted molar refractivity (Wildman–Crippen MR) is 155 cm³/mol. The Morgan fingerprint density at radius 2 is 1.82 bits per heavy atom. The SMILES string of the molecule is Cc1cc(N2CC(C)(C)Oc3nc(C(=O)N4CCN(c5ccc(CC(=O)O)cn5)CC4(C)C)ccc32)ccc1Cl. The Labute approximate surface area is 239 Å². The lowest BCUT2D eigenvalue weighted by atomic mass is 9.97. The molecule has 1 aromatic carbocycles. The third-order valence-electron chi connectivity index (χ3n) is 7.35. The van der Waals surface area contributed by atoms with Crippen molar-refractivity contribution >= 4 is 40.7 Å². The average molecular weight is 564 g/mol. The van der Waals surface area contributed by atoms with Crippen LogP contribution in [0.25, 0.3) is 0 Å². The smallest absolute Gasteiger partial charge is 0.307 e. The van der Waals surface area contributed by atoms with Crippen LogP contribution in [0.1, 0.15) is 49.3 Å².